The van der Waals surface area contributed by atoms with Gasteiger partial charge in [0.25, 0.3) is 0 Å². The Labute approximate surface area is 82.9 Å². The highest BCUT2D eigenvalue weighted by Gasteiger charge is 2.23. The Kier molecular flexibility index (Phi) is 5.27. The second kappa shape index (κ2) is 5.41. The molecule has 0 spiro atoms. The number of carbonyl (C=O) groups is 1. The van der Waals surface area contributed by atoms with Gasteiger partial charge in [-0.3, -0.25) is 0 Å². The van der Waals surface area contributed by atoms with Gasteiger partial charge in [0.05, 0.1) is 0 Å². The van der Waals surface area contributed by atoms with E-state index in [0.717, 1.165) is 12.8 Å². The molecule has 0 aromatic heterocycles. The summed E-state index contributed by atoms with van der Waals surface area (Å²) < 4.78 is 0. The van der Waals surface area contributed by atoms with Crippen LogP contribution in [0.4, 0.5) is 0 Å². The first-order valence-electron chi connectivity index (χ1n) is 5.37. The molecule has 0 radical (unpaired) electrons. The molecule has 13 heavy (non-hydrogen) atoms. The van der Waals surface area contributed by atoms with Crippen LogP contribution in [0, 0.1) is 11.3 Å². The molecule has 0 rings (SSSR count). The van der Waals surface area contributed by atoms with Gasteiger partial charge in [0.15, 0.2) is 0 Å². The Bertz CT molecular complexity index is 153. The lowest BCUT2D eigenvalue weighted by molar-refractivity contribution is -0.117. The van der Waals surface area contributed by atoms with E-state index in [0.29, 0.717) is 17.1 Å². The Morgan fingerprint density at radius 3 is 2.08 bits per heavy atom. The normalized spacial score (nSPS) is 14.2. The zero-order chi connectivity index (χ0) is 10.5. The van der Waals surface area contributed by atoms with Gasteiger partial charge in [-0.05, 0) is 24.7 Å². The maximum atomic E-state index is 10.9. The number of hydrogen-bond acceptors (Lipinski definition) is 1. The molecular weight excluding hydrogens is 160 g/mol. The molecule has 1 nitrogen and oxygen atoms in total. The minimum absolute atomic E-state index is 0.324. The predicted octanol–water partition coefficient (Wildman–Crippen LogP) is 3.82. The number of rotatable bonds is 5. The predicted molar refractivity (Wildman–Crippen MR) is 57.8 cm³/mol. The molecule has 0 bridgehead atoms. The molecular formula is C12H24O. The van der Waals surface area contributed by atoms with E-state index < -0.39 is 0 Å². The molecule has 0 saturated carbocycles. The SMILES string of the molecule is CCCC(CCC(C)=O)C(C)(C)C. The zero-order valence-electron chi connectivity index (χ0n) is 9.81. The van der Waals surface area contributed by atoms with Crippen LogP contribution < -0.4 is 0 Å². The summed E-state index contributed by atoms with van der Waals surface area (Å²) in [5.41, 5.74) is 0.353. The van der Waals surface area contributed by atoms with Gasteiger partial charge < -0.3 is 4.79 Å². The summed E-state index contributed by atoms with van der Waals surface area (Å²) in [7, 11) is 0. The van der Waals surface area contributed by atoms with Crippen molar-refractivity contribution in [2.75, 3.05) is 0 Å². The van der Waals surface area contributed by atoms with Crippen LogP contribution in [-0.4, -0.2) is 5.78 Å². The first-order valence-corrected chi connectivity index (χ1v) is 5.37. The average molecular weight is 184 g/mol. The summed E-state index contributed by atoms with van der Waals surface area (Å²) in [6.45, 7) is 10.7. The molecule has 0 aromatic carbocycles. The fourth-order valence-corrected chi connectivity index (χ4v) is 1.74. The monoisotopic (exact) mass is 184 g/mol. The van der Waals surface area contributed by atoms with Gasteiger partial charge in [-0.15, -0.1) is 0 Å². The number of carbonyl (C=O) groups excluding carboxylic acids is 1. The van der Waals surface area contributed by atoms with Crippen molar-refractivity contribution in [3.05, 3.63) is 0 Å². The molecule has 0 aliphatic carbocycles. The summed E-state index contributed by atoms with van der Waals surface area (Å²) in [6.07, 6.45) is 4.28. The molecule has 0 fully saturated rings. The number of hydrogen-bond donors (Lipinski definition) is 0. The Balaban J connectivity index is 4.02. The first-order chi connectivity index (χ1) is 5.88. The second-order valence-corrected chi connectivity index (χ2v) is 5.09. The third-order valence-corrected chi connectivity index (χ3v) is 2.71. The Morgan fingerprint density at radius 1 is 1.23 bits per heavy atom. The Morgan fingerprint density at radius 2 is 1.77 bits per heavy atom. The Hall–Kier alpha value is -0.330. The van der Waals surface area contributed by atoms with Crippen LogP contribution in [0.2, 0.25) is 0 Å². The van der Waals surface area contributed by atoms with Gasteiger partial charge in [-0.1, -0.05) is 40.5 Å². The molecule has 0 N–H and O–H groups in total. The van der Waals surface area contributed by atoms with Crippen molar-refractivity contribution in [2.24, 2.45) is 11.3 Å². The van der Waals surface area contributed by atoms with E-state index in [1.165, 1.54) is 12.8 Å². The third kappa shape index (κ3) is 5.84. The fraction of sp³-hybridized carbons (Fsp3) is 0.917. The van der Waals surface area contributed by atoms with Crippen LogP contribution in [0.25, 0.3) is 0 Å². The van der Waals surface area contributed by atoms with Gasteiger partial charge in [0.1, 0.15) is 5.78 Å². The van der Waals surface area contributed by atoms with E-state index in [1.807, 2.05) is 0 Å². The summed E-state index contributed by atoms with van der Waals surface area (Å²) >= 11 is 0. The van der Waals surface area contributed by atoms with E-state index in [1.54, 1.807) is 6.92 Å². The van der Waals surface area contributed by atoms with Crippen molar-refractivity contribution in [3.8, 4) is 0 Å². The molecule has 1 atom stereocenters. The van der Waals surface area contributed by atoms with Gasteiger partial charge in [-0.25, -0.2) is 0 Å². The van der Waals surface area contributed by atoms with Gasteiger partial charge in [0.2, 0.25) is 0 Å². The summed E-state index contributed by atoms with van der Waals surface area (Å²) in [4.78, 5) is 10.9. The highest BCUT2D eigenvalue weighted by molar-refractivity contribution is 5.75. The summed E-state index contributed by atoms with van der Waals surface area (Å²) in [5, 5.41) is 0. The lowest BCUT2D eigenvalue weighted by Gasteiger charge is -2.30. The van der Waals surface area contributed by atoms with Crippen LogP contribution >= 0.6 is 0 Å². The van der Waals surface area contributed by atoms with Crippen LogP contribution in [0.15, 0.2) is 0 Å². The summed E-state index contributed by atoms with van der Waals surface area (Å²) in [5.74, 6) is 1.02. The standard InChI is InChI=1S/C12H24O/c1-6-7-11(12(3,4)5)9-8-10(2)13/h11H,6-9H2,1-5H3. The molecule has 0 aromatic rings. The number of Topliss-reactive ketones (excluding diaryl/α,β-unsaturated/α-hetero) is 1. The minimum Gasteiger partial charge on any atom is -0.300 e. The van der Waals surface area contributed by atoms with E-state index in [-0.39, 0.29) is 0 Å². The second-order valence-electron chi connectivity index (χ2n) is 5.09. The van der Waals surface area contributed by atoms with Crippen LogP contribution in [0.1, 0.15) is 60.3 Å². The molecule has 1 heteroatoms. The first kappa shape index (κ1) is 12.7. The van der Waals surface area contributed by atoms with Crippen LogP contribution in [-0.2, 0) is 4.79 Å². The molecule has 78 valence electrons. The minimum atomic E-state index is 0.324. The van der Waals surface area contributed by atoms with Gasteiger partial charge in [-0.2, -0.15) is 0 Å². The molecule has 0 aliphatic rings. The van der Waals surface area contributed by atoms with Gasteiger partial charge >= 0.3 is 0 Å². The smallest absolute Gasteiger partial charge is 0.129 e. The zero-order valence-corrected chi connectivity index (χ0v) is 9.81. The molecule has 0 saturated heterocycles. The van der Waals surface area contributed by atoms with Gasteiger partial charge in [0, 0.05) is 6.42 Å². The highest BCUT2D eigenvalue weighted by atomic mass is 16.1. The largest absolute Gasteiger partial charge is 0.300 e. The van der Waals surface area contributed by atoms with E-state index in [4.69, 9.17) is 0 Å². The quantitative estimate of drug-likeness (QED) is 0.635. The molecule has 1 unspecified atom stereocenters. The molecule has 0 amide bonds. The lowest BCUT2D eigenvalue weighted by Crippen LogP contribution is -2.21. The van der Waals surface area contributed by atoms with E-state index >= 15 is 0 Å². The summed E-state index contributed by atoms with van der Waals surface area (Å²) in [6, 6.07) is 0. The average Bonchev–Trinajstić information content (AvgIpc) is 1.95. The van der Waals surface area contributed by atoms with Crippen molar-refractivity contribution in [1.29, 1.82) is 0 Å². The van der Waals surface area contributed by atoms with Crippen LogP contribution in [0.5, 0.6) is 0 Å². The topological polar surface area (TPSA) is 17.1 Å². The van der Waals surface area contributed by atoms with Crippen molar-refractivity contribution in [1.82, 2.24) is 0 Å². The van der Waals surface area contributed by atoms with E-state index in [2.05, 4.69) is 27.7 Å². The van der Waals surface area contributed by atoms with Crippen molar-refractivity contribution in [3.63, 3.8) is 0 Å². The maximum Gasteiger partial charge on any atom is 0.129 e. The fourth-order valence-electron chi connectivity index (χ4n) is 1.74. The van der Waals surface area contributed by atoms with Crippen molar-refractivity contribution in [2.45, 2.75) is 60.3 Å². The molecule has 0 aliphatic heterocycles. The van der Waals surface area contributed by atoms with Crippen molar-refractivity contribution >= 4 is 5.78 Å². The third-order valence-electron chi connectivity index (χ3n) is 2.71. The van der Waals surface area contributed by atoms with Crippen LogP contribution in [0.3, 0.4) is 0 Å². The highest BCUT2D eigenvalue weighted by Crippen LogP contribution is 2.33. The van der Waals surface area contributed by atoms with E-state index in [9.17, 15) is 4.79 Å². The maximum absolute atomic E-state index is 10.9. The van der Waals surface area contributed by atoms with Crippen molar-refractivity contribution < 1.29 is 4.79 Å². The number of ketones is 1. The lowest BCUT2D eigenvalue weighted by atomic mass is 9.75. The molecule has 0 heterocycles.